The van der Waals surface area contributed by atoms with Crippen molar-refractivity contribution in [1.29, 1.82) is 5.26 Å². The highest BCUT2D eigenvalue weighted by atomic mass is 32.2. The summed E-state index contributed by atoms with van der Waals surface area (Å²) in [6.07, 6.45) is -2.92. The summed E-state index contributed by atoms with van der Waals surface area (Å²) in [6, 6.07) is 4.65. The van der Waals surface area contributed by atoms with Crippen LogP contribution in [0, 0.1) is 11.3 Å². The quantitative estimate of drug-likeness (QED) is 0.927. The summed E-state index contributed by atoms with van der Waals surface area (Å²) >= 11 is 0. The highest BCUT2D eigenvalue weighted by Gasteiger charge is 2.31. The van der Waals surface area contributed by atoms with E-state index in [0.29, 0.717) is 12.2 Å². The summed E-state index contributed by atoms with van der Waals surface area (Å²) in [4.78, 5) is 0. The summed E-state index contributed by atoms with van der Waals surface area (Å²) in [7, 11) is -1.04. The van der Waals surface area contributed by atoms with Gasteiger partial charge < -0.3 is 5.32 Å². The second-order valence-corrected chi connectivity index (χ2v) is 5.86. The minimum absolute atomic E-state index is 0.0797. The Labute approximate surface area is 111 Å². The molecule has 2 atom stereocenters. The third-order valence-electron chi connectivity index (χ3n) is 2.61. The SMILES string of the molecule is CC(CNc1ccc(C(F)(F)F)cc1C#N)S(C)=O. The minimum atomic E-state index is -4.47. The van der Waals surface area contributed by atoms with Gasteiger partial charge in [0.2, 0.25) is 0 Å². The van der Waals surface area contributed by atoms with Crippen molar-refractivity contribution in [3.8, 4) is 6.07 Å². The normalized spacial score (nSPS) is 14.5. The molecule has 0 saturated carbocycles. The van der Waals surface area contributed by atoms with Crippen LogP contribution < -0.4 is 5.32 Å². The molecule has 0 saturated heterocycles. The van der Waals surface area contributed by atoms with Gasteiger partial charge in [-0.15, -0.1) is 0 Å². The largest absolute Gasteiger partial charge is 0.416 e. The number of alkyl halides is 3. The van der Waals surface area contributed by atoms with Crippen LogP contribution in [-0.2, 0) is 17.0 Å². The molecule has 1 N–H and O–H groups in total. The monoisotopic (exact) mass is 290 g/mol. The summed E-state index contributed by atoms with van der Waals surface area (Å²) in [5.41, 5.74) is -0.626. The fraction of sp³-hybridized carbons (Fsp3) is 0.417. The van der Waals surface area contributed by atoms with E-state index in [4.69, 9.17) is 5.26 Å². The summed E-state index contributed by atoms with van der Waals surface area (Å²) < 4.78 is 48.6. The highest BCUT2D eigenvalue weighted by molar-refractivity contribution is 7.84. The molecule has 1 aromatic carbocycles. The standard InChI is InChI=1S/C12H13F3N2OS/c1-8(19(2)18)7-17-11-4-3-10(12(13,14)15)5-9(11)6-16/h3-5,8,17H,7H2,1-2H3. The van der Waals surface area contributed by atoms with Gasteiger partial charge in [0.15, 0.2) is 0 Å². The Morgan fingerprint density at radius 3 is 2.58 bits per heavy atom. The molecule has 0 bridgehead atoms. The third-order valence-corrected chi connectivity index (χ3v) is 3.91. The predicted molar refractivity (Wildman–Crippen MR) is 68.2 cm³/mol. The maximum Gasteiger partial charge on any atom is 0.416 e. The molecular formula is C12H13F3N2OS. The van der Waals surface area contributed by atoms with E-state index >= 15 is 0 Å². The van der Waals surface area contributed by atoms with Crippen LogP contribution in [0.3, 0.4) is 0 Å². The number of hydrogen-bond acceptors (Lipinski definition) is 3. The second kappa shape index (κ2) is 6.06. The molecule has 0 aromatic heterocycles. The number of nitrogens with zero attached hydrogens (tertiary/aromatic N) is 1. The number of halogens is 3. The number of benzene rings is 1. The number of anilines is 1. The van der Waals surface area contributed by atoms with Crippen LogP contribution in [0.1, 0.15) is 18.1 Å². The third kappa shape index (κ3) is 4.24. The van der Waals surface area contributed by atoms with Crippen LogP contribution in [-0.4, -0.2) is 22.3 Å². The van der Waals surface area contributed by atoms with Crippen molar-refractivity contribution >= 4 is 16.5 Å². The molecule has 3 nitrogen and oxygen atoms in total. The maximum absolute atomic E-state index is 12.5. The number of rotatable bonds is 4. The van der Waals surface area contributed by atoms with Crippen LogP contribution in [0.25, 0.3) is 0 Å². The van der Waals surface area contributed by atoms with Crippen molar-refractivity contribution in [2.75, 3.05) is 18.1 Å². The average Bonchev–Trinajstić information content (AvgIpc) is 2.34. The first-order chi connectivity index (χ1) is 8.75. The Kier molecular flexibility index (Phi) is 4.95. The van der Waals surface area contributed by atoms with Crippen LogP contribution >= 0.6 is 0 Å². The van der Waals surface area contributed by atoms with Gasteiger partial charge in [0.05, 0.1) is 16.8 Å². The molecule has 104 valence electrons. The molecule has 0 spiro atoms. The molecule has 7 heteroatoms. The van der Waals surface area contributed by atoms with Gasteiger partial charge in [0.25, 0.3) is 0 Å². The lowest BCUT2D eigenvalue weighted by atomic mass is 10.1. The molecule has 1 rings (SSSR count). The van der Waals surface area contributed by atoms with Crippen molar-refractivity contribution in [3.63, 3.8) is 0 Å². The van der Waals surface area contributed by atoms with Crippen LogP contribution in [0.4, 0.5) is 18.9 Å². The van der Waals surface area contributed by atoms with E-state index in [-0.39, 0.29) is 10.8 Å². The zero-order valence-electron chi connectivity index (χ0n) is 10.4. The molecule has 0 aliphatic heterocycles. The van der Waals surface area contributed by atoms with Gasteiger partial charge in [-0.3, -0.25) is 4.21 Å². The first-order valence-corrected chi connectivity index (χ1v) is 7.05. The lowest BCUT2D eigenvalue weighted by Crippen LogP contribution is -2.21. The van der Waals surface area contributed by atoms with Gasteiger partial charge in [0, 0.05) is 28.9 Å². The van der Waals surface area contributed by atoms with Gasteiger partial charge in [-0.05, 0) is 25.1 Å². The maximum atomic E-state index is 12.5. The topological polar surface area (TPSA) is 52.9 Å². The van der Waals surface area contributed by atoms with E-state index in [1.54, 1.807) is 19.2 Å². The van der Waals surface area contributed by atoms with E-state index in [0.717, 1.165) is 12.1 Å². The van der Waals surface area contributed by atoms with Gasteiger partial charge in [0.1, 0.15) is 6.07 Å². The molecule has 0 fully saturated rings. The Morgan fingerprint density at radius 2 is 2.11 bits per heavy atom. The molecule has 0 heterocycles. The smallest absolute Gasteiger partial charge is 0.383 e. The van der Waals surface area contributed by atoms with Crippen molar-refractivity contribution in [3.05, 3.63) is 29.3 Å². The number of nitriles is 1. The van der Waals surface area contributed by atoms with Gasteiger partial charge in [-0.1, -0.05) is 0 Å². The minimum Gasteiger partial charge on any atom is -0.383 e. The Morgan fingerprint density at radius 1 is 1.47 bits per heavy atom. The Balaban J connectivity index is 2.92. The molecule has 2 unspecified atom stereocenters. The number of hydrogen-bond donors (Lipinski definition) is 1. The summed E-state index contributed by atoms with van der Waals surface area (Å²) in [5, 5.41) is 11.5. The van der Waals surface area contributed by atoms with E-state index in [2.05, 4.69) is 5.32 Å². The van der Waals surface area contributed by atoms with Crippen molar-refractivity contribution in [2.24, 2.45) is 0 Å². The van der Waals surface area contributed by atoms with Crippen LogP contribution in [0.5, 0.6) is 0 Å². The van der Waals surface area contributed by atoms with E-state index in [9.17, 15) is 17.4 Å². The average molecular weight is 290 g/mol. The van der Waals surface area contributed by atoms with Gasteiger partial charge in [-0.2, -0.15) is 18.4 Å². The van der Waals surface area contributed by atoms with Crippen molar-refractivity contribution in [1.82, 2.24) is 0 Å². The zero-order valence-corrected chi connectivity index (χ0v) is 11.2. The highest BCUT2D eigenvalue weighted by Crippen LogP contribution is 2.31. The van der Waals surface area contributed by atoms with Crippen molar-refractivity contribution < 1.29 is 17.4 Å². The Bertz CT molecular complexity index is 523. The van der Waals surface area contributed by atoms with E-state index < -0.39 is 22.5 Å². The van der Waals surface area contributed by atoms with E-state index in [1.807, 2.05) is 0 Å². The van der Waals surface area contributed by atoms with Crippen molar-refractivity contribution in [2.45, 2.75) is 18.3 Å². The molecule has 19 heavy (non-hydrogen) atoms. The Hall–Kier alpha value is -1.55. The fourth-order valence-corrected chi connectivity index (χ4v) is 1.66. The molecule has 1 aromatic rings. The first kappa shape index (κ1) is 15.5. The van der Waals surface area contributed by atoms with Crippen LogP contribution in [0.15, 0.2) is 18.2 Å². The number of nitrogens with one attached hydrogen (secondary N) is 1. The van der Waals surface area contributed by atoms with Crippen LogP contribution in [0.2, 0.25) is 0 Å². The fourth-order valence-electron chi connectivity index (χ4n) is 1.34. The van der Waals surface area contributed by atoms with Gasteiger partial charge in [-0.25, -0.2) is 0 Å². The summed E-state index contributed by atoms with van der Waals surface area (Å²) in [5.74, 6) is 0. The van der Waals surface area contributed by atoms with Gasteiger partial charge >= 0.3 is 6.18 Å². The molecular weight excluding hydrogens is 277 g/mol. The molecule has 0 radical (unpaired) electrons. The lowest BCUT2D eigenvalue weighted by molar-refractivity contribution is -0.137. The predicted octanol–water partition coefficient (Wildman–Crippen LogP) is 2.76. The molecule has 0 amide bonds. The van der Waals surface area contributed by atoms with E-state index in [1.165, 1.54) is 6.07 Å². The first-order valence-electron chi connectivity index (χ1n) is 5.43. The molecule has 0 aliphatic carbocycles. The second-order valence-electron chi connectivity index (χ2n) is 4.06. The lowest BCUT2D eigenvalue weighted by Gasteiger charge is -2.14. The zero-order chi connectivity index (χ0) is 14.6. The molecule has 0 aliphatic rings. The summed E-state index contributed by atoms with van der Waals surface area (Å²) in [6.45, 7) is 2.07.